The highest BCUT2D eigenvalue weighted by Gasteiger charge is 2.16. The van der Waals surface area contributed by atoms with Crippen LogP contribution in [0.25, 0.3) is 21.7 Å². The molecule has 0 amide bonds. The molecule has 3 rings (SSSR count). The average Bonchev–Trinajstić information content (AvgIpc) is 2.98. The number of anilines is 1. The second-order valence-corrected chi connectivity index (χ2v) is 5.58. The lowest BCUT2D eigenvalue weighted by atomic mass is 10.2. The number of ether oxygens (including phenoxy) is 1. The zero-order chi connectivity index (χ0) is 14.3. The summed E-state index contributed by atoms with van der Waals surface area (Å²) in [6.45, 7) is 5.00. The maximum absolute atomic E-state index is 6.17. The van der Waals surface area contributed by atoms with Gasteiger partial charge in [-0.05, 0) is 36.9 Å². The van der Waals surface area contributed by atoms with Crippen LogP contribution in [0, 0.1) is 6.92 Å². The van der Waals surface area contributed by atoms with Crippen molar-refractivity contribution in [1.29, 1.82) is 0 Å². The van der Waals surface area contributed by atoms with Crippen molar-refractivity contribution >= 4 is 28.1 Å². The molecule has 2 N–H and O–H groups in total. The Morgan fingerprint density at radius 2 is 2.20 bits per heavy atom. The Hall–Kier alpha value is -2.01. The highest BCUT2D eigenvalue weighted by molar-refractivity contribution is 7.14. The summed E-state index contributed by atoms with van der Waals surface area (Å²) in [5.41, 5.74) is 10.1. The third-order valence-corrected chi connectivity index (χ3v) is 4.61. The molecule has 104 valence electrons. The number of hydrogen-bond donors (Lipinski definition) is 1. The number of methoxy groups -OCH3 is 1. The molecule has 1 aromatic carbocycles. The summed E-state index contributed by atoms with van der Waals surface area (Å²) >= 11 is 1.64. The summed E-state index contributed by atoms with van der Waals surface area (Å²) < 4.78 is 7.46. The van der Waals surface area contributed by atoms with E-state index in [-0.39, 0.29) is 0 Å². The van der Waals surface area contributed by atoms with Gasteiger partial charge in [0.1, 0.15) is 5.75 Å². The molecule has 0 spiro atoms. The van der Waals surface area contributed by atoms with Crippen molar-refractivity contribution < 1.29 is 4.74 Å². The maximum atomic E-state index is 6.17. The van der Waals surface area contributed by atoms with Gasteiger partial charge in [-0.3, -0.25) is 0 Å². The smallest absolute Gasteiger partial charge is 0.153 e. The SMILES string of the molecule is CCn1c(-c2scc(C)c2N)nc2cc(OC)ccc21. The van der Waals surface area contributed by atoms with Crippen LogP contribution in [0.5, 0.6) is 5.75 Å². The summed E-state index contributed by atoms with van der Waals surface area (Å²) in [6, 6.07) is 5.97. The van der Waals surface area contributed by atoms with Gasteiger partial charge in [-0.15, -0.1) is 11.3 Å². The molecule has 0 aliphatic carbocycles. The molecule has 0 atom stereocenters. The molecule has 0 radical (unpaired) electrons. The second-order valence-electron chi connectivity index (χ2n) is 4.70. The lowest BCUT2D eigenvalue weighted by molar-refractivity contribution is 0.415. The van der Waals surface area contributed by atoms with Crippen molar-refractivity contribution in [3.05, 3.63) is 29.1 Å². The number of hydrogen-bond acceptors (Lipinski definition) is 4. The van der Waals surface area contributed by atoms with E-state index in [0.717, 1.165) is 45.3 Å². The van der Waals surface area contributed by atoms with Gasteiger partial charge in [0.15, 0.2) is 5.82 Å². The van der Waals surface area contributed by atoms with Gasteiger partial charge in [0.2, 0.25) is 0 Å². The fourth-order valence-corrected chi connectivity index (χ4v) is 3.33. The molecule has 20 heavy (non-hydrogen) atoms. The highest BCUT2D eigenvalue weighted by Crippen LogP contribution is 2.36. The lowest BCUT2D eigenvalue weighted by Gasteiger charge is -2.05. The Balaban J connectivity index is 2.27. The van der Waals surface area contributed by atoms with E-state index in [1.165, 1.54) is 0 Å². The Morgan fingerprint density at radius 1 is 1.40 bits per heavy atom. The van der Waals surface area contributed by atoms with E-state index in [0.29, 0.717) is 0 Å². The maximum Gasteiger partial charge on any atom is 0.153 e. The summed E-state index contributed by atoms with van der Waals surface area (Å²) in [7, 11) is 1.67. The molecular weight excluding hydrogens is 270 g/mol. The molecule has 4 nitrogen and oxygen atoms in total. The third-order valence-electron chi connectivity index (χ3n) is 3.50. The molecule has 3 aromatic rings. The Labute approximate surface area is 121 Å². The van der Waals surface area contributed by atoms with Crippen molar-refractivity contribution in [3.63, 3.8) is 0 Å². The van der Waals surface area contributed by atoms with Crippen molar-refractivity contribution in [2.45, 2.75) is 20.4 Å². The van der Waals surface area contributed by atoms with Crippen LogP contribution in [0.1, 0.15) is 12.5 Å². The second kappa shape index (κ2) is 4.83. The van der Waals surface area contributed by atoms with Gasteiger partial charge >= 0.3 is 0 Å². The van der Waals surface area contributed by atoms with Gasteiger partial charge in [0.05, 0.1) is 28.7 Å². The van der Waals surface area contributed by atoms with Gasteiger partial charge in [0, 0.05) is 12.6 Å². The summed E-state index contributed by atoms with van der Waals surface area (Å²) in [4.78, 5) is 5.79. The van der Waals surface area contributed by atoms with E-state index >= 15 is 0 Å². The third kappa shape index (κ3) is 1.86. The first kappa shape index (κ1) is 13.0. The van der Waals surface area contributed by atoms with Crippen molar-refractivity contribution in [2.75, 3.05) is 12.8 Å². The van der Waals surface area contributed by atoms with Crippen LogP contribution in [0.3, 0.4) is 0 Å². The van der Waals surface area contributed by atoms with Gasteiger partial charge < -0.3 is 15.0 Å². The molecule has 0 saturated carbocycles. The number of imidazole rings is 1. The first-order chi connectivity index (χ1) is 9.65. The fourth-order valence-electron chi connectivity index (χ4n) is 2.36. The van der Waals surface area contributed by atoms with Gasteiger partial charge in [-0.2, -0.15) is 0 Å². The minimum absolute atomic E-state index is 0.820. The summed E-state index contributed by atoms with van der Waals surface area (Å²) in [5, 5.41) is 2.07. The number of nitrogens with zero attached hydrogens (tertiary/aromatic N) is 2. The number of fused-ring (bicyclic) bond motifs is 1. The van der Waals surface area contributed by atoms with E-state index < -0.39 is 0 Å². The molecule has 0 aliphatic heterocycles. The van der Waals surface area contributed by atoms with Crippen LogP contribution in [0.4, 0.5) is 5.69 Å². The topological polar surface area (TPSA) is 53.1 Å². The molecular formula is C15H17N3OS. The van der Waals surface area contributed by atoms with Crippen molar-refractivity contribution in [3.8, 4) is 16.5 Å². The zero-order valence-corrected chi connectivity index (χ0v) is 12.6. The number of rotatable bonds is 3. The largest absolute Gasteiger partial charge is 0.497 e. The zero-order valence-electron chi connectivity index (χ0n) is 11.8. The number of thiophene rings is 1. The predicted molar refractivity (Wildman–Crippen MR) is 84.4 cm³/mol. The van der Waals surface area contributed by atoms with E-state index in [1.807, 2.05) is 25.1 Å². The van der Waals surface area contributed by atoms with E-state index in [4.69, 9.17) is 15.5 Å². The number of nitrogen functional groups attached to an aromatic ring is 1. The van der Waals surface area contributed by atoms with Crippen LogP contribution in [-0.4, -0.2) is 16.7 Å². The van der Waals surface area contributed by atoms with E-state index in [2.05, 4.69) is 16.9 Å². The highest BCUT2D eigenvalue weighted by atomic mass is 32.1. The average molecular weight is 287 g/mol. The molecule has 5 heteroatoms. The van der Waals surface area contributed by atoms with Gasteiger partial charge in [-0.1, -0.05) is 0 Å². The van der Waals surface area contributed by atoms with Crippen LogP contribution in [-0.2, 0) is 6.54 Å². The number of nitrogens with two attached hydrogens (primary N) is 1. The molecule has 0 aliphatic rings. The molecule has 0 unspecified atom stereocenters. The molecule has 2 aromatic heterocycles. The molecule has 2 heterocycles. The van der Waals surface area contributed by atoms with Gasteiger partial charge in [0.25, 0.3) is 0 Å². The number of benzene rings is 1. The standard InChI is InChI=1S/C15H17N3OS/c1-4-18-12-6-5-10(19-3)7-11(12)17-15(18)14-13(16)9(2)8-20-14/h5-8H,4,16H2,1-3H3. The van der Waals surface area contributed by atoms with E-state index in [1.54, 1.807) is 18.4 Å². The van der Waals surface area contributed by atoms with Gasteiger partial charge in [-0.25, -0.2) is 4.98 Å². The molecule has 0 fully saturated rings. The lowest BCUT2D eigenvalue weighted by Crippen LogP contribution is -1.98. The quantitative estimate of drug-likeness (QED) is 0.799. The fraction of sp³-hybridized carbons (Fsp3) is 0.267. The minimum atomic E-state index is 0.820. The van der Waals surface area contributed by atoms with Crippen molar-refractivity contribution in [2.24, 2.45) is 0 Å². The first-order valence-electron chi connectivity index (χ1n) is 6.54. The van der Waals surface area contributed by atoms with Crippen molar-refractivity contribution in [1.82, 2.24) is 9.55 Å². The molecule has 0 saturated heterocycles. The first-order valence-corrected chi connectivity index (χ1v) is 7.41. The monoisotopic (exact) mass is 287 g/mol. The Bertz CT molecular complexity index is 773. The summed E-state index contributed by atoms with van der Waals surface area (Å²) in [6.07, 6.45) is 0. The minimum Gasteiger partial charge on any atom is -0.497 e. The van der Waals surface area contributed by atoms with Crippen LogP contribution < -0.4 is 10.5 Å². The van der Waals surface area contributed by atoms with E-state index in [9.17, 15) is 0 Å². The Kier molecular flexibility index (Phi) is 3.14. The number of aromatic nitrogens is 2. The van der Waals surface area contributed by atoms with Crippen LogP contribution in [0.2, 0.25) is 0 Å². The summed E-state index contributed by atoms with van der Waals surface area (Å²) in [5.74, 6) is 1.76. The van der Waals surface area contributed by atoms with Crippen LogP contribution >= 0.6 is 11.3 Å². The molecule has 0 bridgehead atoms. The normalized spacial score (nSPS) is 11.2. The number of aryl methyl sites for hydroxylation is 2. The van der Waals surface area contributed by atoms with Crippen LogP contribution in [0.15, 0.2) is 23.6 Å². The Morgan fingerprint density at radius 3 is 2.80 bits per heavy atom. The predicted octanol–water partition coefficient (Wildman–Crippen LogP) is 3.68.